The molecule has 4 aliphatic heterocycles. The summed E-state index contributed by atoms with van der Waals surface area (Å²) in [6, 6.07) is -5.74. The van der Waals surface area contributed by atoms with E-state index < -0.39 is 299 Å². The summed E-state index contributed by atoms with van der Waals surface area (Å²) in [6.07, 6.45) is -3.76. The minimum absolute atomic E-state index is 0.0286. The zero-order chi connectivity index (χ0) is 100. The second kappa shape index (κ2) is 50.0. The van der Waals surface area contributed by atoms with E-state index in [1.54, 1.807) is 69.3 Å². The Morgan fingerprint density at radius 3 is 1.65 bits per heavy atom. The van der Waals surface area contributed by atoms with Crippen LogP contribution >= 0.6 is 0 Å². The Morgan fingerprint density at radius 2 is 1.01 bits per heavy atom. The van der Waals surface area contributed by atoms with Crippen molar-refractivity contribution < 1.29 is 121 Å². The van der Waals surface area contributed by atoms with Crippen LogP contribution in [0.2, 0.25) is 0 Å². The van der Waals surface area contributed by atoms with Gasteiger partial charge < -0.3 is 125 Å². The number of nitrogens with two attached hydrogens (primary N) is 3. The van der Waals surface area contributed by atoms with Crippen molar-refractivity contribution in [1.82, 2.24) is 87.2 Å². The Kier molecular flexibility index (Phi) is 38.9. The molecule has 2 aromatic heterocycles. The lowest BCUT2D eigenvalue weighted by molar-refractivity contribution is -0.149. The first-order valence-corrected chi connectivity index (χ1v) is 46.0. The van der Waals surface area contributed by atoms with Gasteiger partial charge in [-0.3, -0.25) is 95.9 Å². The van der Waals surface area contributed by atoms with E-state index in [9.17, 15) is 82.4 Å². The van der Waals surface area contributed by atoms with Gasteiger partial charge in [-0.1, -0.05) is 102 Å². The topological polar surface area (TPSA) is 658 Å². The number of carboxylic acids is 3. The third kappa shape index (κ3) is 29.5. The van der Waals surface area contributed by atoms with Gasteiger partial charge in [0.05, 0.1) is 25.5 Å². The molecule has 45 heteroatoms. The number of H-pyrrole nitrogens is 1. The summed E-state index contributed by atoms with van der Waals surface area (Å²) >= 11 is 0. The van der Waals surface area contributed by atoms with E-state index in [1.807, 2.05) is 6.92 Å². The third-order valence-electron chi connectivity index (χ3n) is 24.8. The third-order valence-corrected chi connectivity index (χ3v) is 24.8. The number of amides is 17. The molecule has 4 aliphatic rings. The fraction of sp³-hybridized carbons (Fsp3) is 0.543. The van der Waals surface area contributed by atoms with Crippen molar-refractivity contribution in [3.8, 4) is 0 Å². The summed E-state index contributed by atoms with van der Waals surface area (Å²) in [5.74, 6) is -23.5. The molecule has 137 heavy (non-hydrogen) atoms. The highest BCUT2D eigenvalue weighted by atomic mass is 19.1. The van der Waals surface area contributed by atoms with Gasteiger partial charge in [-0.15, -0.1) is 0 Å². The summed E-state index contributed by atoms with van der Waals surface area (Å²) < 4.78 is 15.8. The van der Waals surface area contributed by atoms with Crippen molar-refractivity contribution >= 4 is 140 Å². The standard InChI is InChI=1S/C92H125FN20O24/c1-7-9-21-68-84(129)103-60(36-49(3)4)81(126)107-66(79(96)124)44-97-45-75(117)99-63(37-50-26-28-53(93)29-27-50)90(135)111-34-16-15-24-69(111)86(131)106-65(42-77(120)121)91(136)112-35-17-25-70(112)85(130)100-58(30-32-73(94)115)80(125)101-59(31-33-76(118)119)89(134)113-47-54(114)40-72(113)87(132)104-61(38-51-43-98-57-20-13-11-18-55(51)57)82(127)102-62(41-74(95)116)83(128)105-64(88(133)109(6)71(22-10-8-2)92(137)108(68)5)39-52-46-110(48-78(122)123)67-23-14-12-19-56(52)67/h11-14,18-20,23,26-29,43,46,49,54,58-66,68-72,97-98,114H,7-10,15-17,21-22,24-25,30-42,44-45,47-48H2,1-6H3,(H2,94,115)(H2,95,116)(H2,96,124)(H,99,117)(H,100,130)(H,101,125)(H,102,127)(H,103,129)(H,104,132)(H,105,128)(H,106,131)(H,107,126)(H,118,119)(H,120,121)(H,122,123)/t54-,58+,59+,60+,61+,62+,63+,64+,65+,66+,68+,69+,70+,71+,72+/m1/s1. The van der Waals surface area contributed by atoms with E-state index >= 15 is 38.4 Å². The first-order valence-electron chi connectivity index (χ1n) is 46.0. The largest absolute Gasteiger partial charge is 0.481 e. The Hall–Kier alpha value is -14.0. The lowest BCUT2D eigenvalue weighted by atomic mass is 9.97. The number of nitrogens with zero attached hydrogens (tertiary/aromatic N) is 6. The Labute approximate surface area is 788 Å². The number of rotatable bonds is 27. The van der Waals surface area contributed by atoms with E-state index in [-0.39, 0.29) is 82.4 Å². The number of likely N-dealkylation sites (N-methyl/N-ethyl adjacent to an activating group) is 2. The summed E-state index contributed by atoms with van der Waals surface area (Å²) in [5.41, 5.74) is 19.2. The molecule has 15 atom stereocenters. The highest BCUT2D eigenvalue weighted by Crippen LogP contribution is 2.30. The Bertz CT molecular complexity index is 5280. The van der Waals surface area contributed by atoms with Gasteiger partial charge in [0.2, 0.25) is 100 Å². The molecule has 0 spiro atoms. The maximum Gasteiger partial charge on any atom is 0.323 e. The first kappa shape index (κ1) is 107. The number of para-hydroxylation sites is 2. The number of nitrogens with one attached hydrogen (secondary N) is 11. The Morgan fingerprint density at radius 1 is 0.482 bits per heavy atom. The van der Waals surface area contributed by atoms with Gasteiger partial charge in [-0.25, -0.2) is 4.39 Å². The van der Waals surface area contributed by atoms with Crippen LogP contribution in [0.4, 0.5) is 4.39 Å². The number of hydrogen-bond donors (Lipinski definition) is 18. The highest BCUT2D eigenvalue weighted by Gasteiger charge is 2.48. The smallest absolute Gasteiger partial charge is 0.323 e. The van der Waals surface area contributed by atoms with E-state index in [1.165, 1.54) is 43.2 Å². The number of carbonyl (C=O) groups is 20. The van der Waals surface area contributed by atoms with Gasteiger partial charge in [0.15, 0.2) is 0 Å². The molecule has 0 aliphatic carbocycles. The zero-order valence-corrected chi connectivity index (χ0v) is 77.4. The number of piperidine rings is 1. The predicted molar refractivity (Wildman–Crippen MR) is 488 cm³/mol. The van der Waals surface area contributed by atoms with Crippen molar-refractivity contribution in [2.75, 3.05) is 46.8 Å². The van der Waals surface area contributed by atoms with Crippen LogP contribution in [0.15, 0.2) is 85.2 Å². The fourth-order valence-electron chi connectivity index (χ4n) is 17.7. The van der Waals surface area contributed by atoms with Crippen LogP contribution in [0.25, 0.3) is 21.8 Å². The molecule has 0 bridgehead atoms. The highest BCUT2D eigenvalue weighted by molar-refractivity contribution is 6.03. The molecule has 9 rings (SSSR count). The molecule has 4 saturated heterocycles. The average molecular weight is 1910 g/mol. The number of unbranched alkanes of at least 4 members (excludes halogenated alkanes) is 2. The molecule has 6 heterocycles. The monoisotopic (exact) mass is 1910 g/mol. The van der Waals surface area contributed by atoms with Crippen molar-refractivity contribution in [2.24, 2.45) is 23.1 Å². The molecule has 0 radical (unpaired) electrons. The summed E-state index contributed by atoms with van der Waals surface area (Å²) in [7, 11) is 2.58. The van der Waals surface area contributed by atoms with Crippen molar-refractivity contribution in [2.45, 2.75) is 266 Å². The number of carbonyl (C=O) groups excluding carboxylic acids is 17. The lowest BCUT2D eigenvalue weighted by Gasteiger charge is -2.38. The van der Waals surface area contributed by atoms with Crippen LogP contribution < -0.4 is 70.4 Å². The normalized spacial score (nSPS) is 25.1. The molecule has 744 valence electrons. The minimum atomic E-state index is -2.05. The van der Waals surface area contributed by atoms with Crippen molar-refractivity contribution in [3.63, 3.8) is 0 Å². The molecule has 44 nitrogen and oxygen atoms in total. The summed E-state index contributed by atoms with van der Waals surface area (Å²) in [5, 5.41) is 68.6. The molecule has 21 N–H and O–H groups in total. The number of primary amides is 3. The van der Waals surface area contributed by atoms with Crippen LogP contribution in [0, 0.1) is 11.7 Å². The number of aliphatic hydroxyl groups excluding tert-OH is 1. The summed E-state index contributed by atoms with van der Waals surface area (Å²) in [4.78, 5) is 296. The van der Waals surface area contributed by atoms with Crippen LogP contribution in [-0.2, 0) is 122 Å². The number of hydrogen-bond acceptors (Lipinski definition) is 22. The van der Waals surface area contributed by atoms with Crippen molar-refractivity contribution in [3.05, 3.63) is 108 Å². The number of benzene rings is 3. The van der Waals surface area contributed by atoms with E-state index in [2.05, 4.69) is 58.2 Å². The van der Waals surface area contributed by atoms with Crippen LogP contribution in [0.1, 0.15) is 166 Å². The zero-order valence-electron chi connectivity index (χ0n) is 77.4. The van der Waals surface area contributed by atoms with E-state index in [0.717, 1.165) is 36.6 Å². The summed E-state index contributed by atoms with van der Waals surface area (Å²) in [6.45, 7) is 4.17. The molecular weight excluding hydrogens is 1790 g/mol. The molecule has 0 unspecified atom stereocenters. The molecule has 17 amide bonds. The Balaban J connectivity index is 1.12. The van der Waals surface area contributed by atoms with E-state index in [0.29, 0.717) is 58.6 Å². The number of halogens is 1. The van der Waals surface area contributed by atoms with Gasteiger partial charge in [0.25, 0.3) is 0 Å². The molecule has 3 aromatic carbocycles. The number of aliphatic carboxylic acids is 3. The minimum Gasteiger partial charge on any atom is -0.481 e. The second-order valence-electron chi connectivity index (χ2n) is 35.6. The van der Waals surface area contributed by atoms with Crippen LogP contribution in [0.3, 0.4) is 0 Å². The quantitative estimate of drug-likeness (QED) is 0.0263. The van der Waals surface area contributed by atoms with E-state index in [4.69, 9.17) is 17.2 Å². The number of aliphatic hydroxyl groups is 1. The number of aromatic amines is 1. The second-order valence-corrected chi connectivity index (χ2v) is 35.6. The lowest BCUT2D eigenvalue weighted by Crippen LogP contribution is -2.61. The molecule has 5 aromatic rings. The maximum absolute atomic E-state index is 15.9. The average Bonchev–Trinajstić information content (AvgIpc) is 1.65. The van der Waals surface area contributed by atoms with Gasteiger partial charge >= 0.3 is 17.9 Å². The van der Waals surface area contributed by atoms with Gasteiger partial charge in [0.1, 0.15) is 96.9 Å². The van der Waals surface area contributed by atoms with Crippen LogP contribution in [0.5, 0.6) is 0 Å². The van der Waals surface area contributed by atoms with Crippen LogP contribution in [-0.4, -0.2) is 310 Å². The molecular formula is C92H125FN20O24. The number of fused-ring (bicyclic) bond motifs is 5. The maximum atomic E-state index is 15.9. The molecule has 4 fully saturated rings. The first-order chi connectivity index (χ1) is 65.1. The van der Waals surface area contributed by atoms with Crippen molar-refractivity contribution in [1.29, 1.82) is 0 Å². The predicted octanol–water partition coefficient (Wildman–Crippen LogP) is -2.28. The van der Waals surface area contributed by atoms with Gasteiger partial charge in [0, 0.05) is 113 Å². The molecule has 0 saturated carbocycles. The number of aromatic nitrogens is 2. The fourth-order valence-corrected chi connectivity index (χ4v) is 17.7. The van der Waals surface area contributed by atoms with Gasteiger partial charge in [-0.2, -0.15) is 0 Å². The number of carboxylic acid groups (broad SMARTS) is 3. The van der Waals surface area contributed by atoms with Gasteiger partial charge in [-0.05, 0) is 111 Å². The SMILES string of the molecule is CCCC[C@H]1C(=O)N(C)[C@@H](CCCC)C(=O)N[C@@H](CC(C)C)C(=O)N[C@H](C(N)=O)CNCC(=O)N[C@@H](Cc2ccc(F)cc2)C(=O)N2CCCC[C@H]2C(=O)N[C@@H](CC(=O)O)C(=O)N2CCC[C@H]2C(=O)N[C@@H](CCC(N)=O)C(=O)N[C@@H](CCC(=O)O)C(=O)N2C[C@H](O)C[C@H]2C(=O)N[C@@H](Cc2c[nH]c3ccccc23)C(=O)N[C@@H](CC(N)=O)C(=O)N[C@@H](Cc2cn(CC(=O)O)c3ccccc23)C(=O)N1C.